The van der Waals surface area contributed by atoms with Gasteiger partial charge in [0.05, 0.1) is 0 Å². The lowest BCUT2D eigenvalue weighted by Gasteiger charge is -2.44. The number of benzene rings is 1. The van der Waals surface area contributed by atoms with Crippen LogP contribution < -0.4 is 11.1 Å². The summed E-state index contributed by atoms with van der Waals surface area (Å²) in [6.45, 7) is 3.61. The summed E-state index contributed by atoms with van der Waals surface area (Å²) >= 11 is 1.41. The summed E-state index contributed by atoms with van der Waals surface area (Å²) in [5.41, 5.74) is 7.38. The predicted molar refractivity (Wildman–Crippen MR) is 96.4 cm³/mol. The molecular weight excluding hydrogens is 354 g/mol. The standard InChI is InChI=1S/C18H21N3O4S/c1-17(2)12(15(23)24)21-13(22)11(14(21)26-17)20-16(25)18(19)7-9-5-3-4-6-10(9)8-18/h3-6,11-12,14H,7-8,19H2,1-2H3,(H,20,25)(H,23,24)/t11-,12+,14-/m1/s1. The molecule has 4 rings (SSSR count). The number of carbonyl (C=O) groups excluding carboxylic acids is 2. The van der Waals surface area contributed by atoms with Gasteiger partial charge in [-0.15, -0.1) is 11.8 Å². The molecule has 2 amide bonds. The van der Waals surface area contributed by atoms with E-state index in [9.17, 15) is 19.5 Å². The minimum absolute atomic E-state index is 0.354. The number of rotatable bonds is 3. The molecule has 26 heavy (non-hydrogen) atoms. The Kier molecular flexibility index (Phi) is 3.65. The minimum atomic E-state index is -1.07. The highest BCUT2D eigenvalue weighted by atomic mass is 32.2. The van der Waals surface area contributed by atoms with Crippen LogP contribution in [0.25, 0.3) is 0 Å². The van der Waals surface area contributed by atoms with Gasteiger partial charge in [0.25, 0.3) is 0 Å². The fourth-order valence-electron chi connectivity index (χ4n) is 4.24. The van der Waals surface area contributed by atoms with Gasteiger partial charge in [0, 0.05) is 4.75 Å². The lowest BCUT2D eigenvalue weighted by atomic mass is 9.93. The maximum atomic E-state index is 12.8. The lowest BCUT2D eigenvalue weighted by Crippen LogP contribution is -2.72. The van der Waals surface area contributed by atoms with Crippen molar-refractivity contribution in [1.29, 1.82) is 0 Å². The Hall–Kier alpha value is -2.06. The average Bonchev–Trinajstić information content (AvgIpc) is 3.04. The van der Waals surface area contributed by atoms with E-state index in [0.29, 0.717) is 12.8 Å². The molecule has 3 atom stereocenters. The van der Waals surface area contributed by atoms with Crippen LogP contribution in [-0.2, 0) is 27.2 Å². The summed E-state index contributed by atoms with van der Waals surface area (Å²) < 4.78 is -0.615. The largest absolute Gasteiger partial charge is 0.480 e. The molecule has 1 aromatic rings. The number of nitrogens with one attached hydrogen (secondary N) is 1. The van der Waals surface area contributed by atoms with Crippen molar-refractivity contribution in [3.05, 3.63) is 35.4 Å². The summed E-state index contributed by atoms with van der Waals surface area (Å²) in [5.74, 6) is -1.73. The summed E-state index contributed by atoms with van der Waals surface area (Å²) in [7, 11) is 0. The van der Waals surface area contributed by atoms with E-state index in [1.165, 1.54) is 16.7 Å². The molecule has 0 aromatic heterocycles. The molecule has 2 heterocycles. The molecule has 2 saturated heterocycles. The third-order valence-electron chi connectivity index (χ3n) is 5.54. The van der Waals surface area contributed by atoms with Crippen LogP contribution in [0.1, 0.15) is 25.0 Å². The molecule has 3 aliphatic rings. The van der Waals surface area contributed by atoms with Crippen LogP contribution >= 0.6 is 11.8 Å². The molecule has 7 nitrogen and oxygen atoms in total. The summed E-state index contributed by atoms with van der Waals surface area (Å²) in [6.07, 6.45) is 0.862. The molecule has 4 N–H and O–H groups in total. The topological polar surface area (TPSA) is 113 Å². The van der Waals surface area contributed by atoms with Gasteiger partial charge >= 0.3 is 5.97 Å². The van der Waals surface area contributed by atoms with E-state index >= 15 is 0 Å². The van der Waals surface area contributed by atoms with E-state index in [1.807, 2.05) is 24.3 Å². The Balaban J connectivity index is 1.49. The fraction of sp³-hybridized carbons (Fsp3) is 0.500. The monoisotopic (exact) mass is 375 g/mol. The maximum Gasteiger partial charge on any atom is 0.327 e. The Bertz CT molecular complexity index is 799. The van der Waals surface area contributed by atoms with E-state index in [4.69, 9.17) is 5.73 Å². The van der Waals surface area contributed by atoms with Crippen LogP contribution in [0.2, 0.25) is 0 Å². The van der Waals surface area contributed by atoms with Gasteiger partial charge in [-0.05, 0) is 37.8 Å². The summed E-state index contributed by atoms with van der Waals surface area (Å²) in [5, 5.41) is 11.9. The second kappa shape index (κ2) is 5.47. The minimum Gasteiger partial charge on any atom is -0.480 e. The van der Waals surface area contributed by atoms with Crippen molar-refractivity contribution >= 4 is 29.5 Å². The molecule has 0 saturated carbocycles. The number of hydrogen-bond donors (Lipinski definition) is 3. The molecule has 2 aliphatic heterocycles. The molecule has 0 bridgehead atoms. The van der Waals surface area contributed by atoms with E-state index in [2.05, 4.69) is 5.32 Å². The molecule has 138 valence electrons. The molecule has 1 aliphatic carbocycles. The number of hydrogen-bond acceptors (Lipinski definition) is 5. The van der Waals surface area contributed by atoms with Gasteiger partial charge in [0.15, 0.2) is 0 Å². The number of aliphatic carboxylic acids is 1. The Morgan fingerprint density at radius 2 is 1.85 bits per heavy atom. The van der Waals surface area contributed by atoms with Crippen LogP contribution in [0.3, 0.4) is 0 Å². The zero-order valence-electron chi connectivity index (χ0n) is 14.6. The second-order valence-corrected chi connectivity index (χ2v) is 9.60. The maximum absolute atomic E-state index is 12.8. The van der Waals surface area contributed by atoms with Crippen LogP contribution in [0.15, 0.2) is 24.3 Å². The van der Waals surface area contributed by atoms with Crippen molar-refractivity contribution in [1.82, 2.24) is 10.2 Å². The van der Waals surface area contributed by atoms with Gasteiger partial charge in [-0.25, -0.2) is 4.79 Å². The SMILES string of the molecule is CC1(C)S[C@@H]2[C@H](NC(=O)C3(N)Cc4ccccc4C3)C(=O)N2[C@H]1C(=O)O. The van der Waals surface area contributed by atoms with Crippen molar-refractivity contribution in [2.45, 2.75) is 54.4 Å². The Morgan fingerprint density at radius 3 is 2.38 bits per heavy atom. The van der Waals surface area contributed by atoms with Gasteiger partial charge in [0.1, 0.15) is 23.0 Å². The number of nitrogens with two attached hydrogens (primary N) is 1. The summed E-state index contributed by atoms with van der Waals surface area (Å²) in [4.78, 5) is 38.2. The number of amides is 2. The first-order valence-corrected chi connectivity index (χ1v) is 9.41. The molecule has 0 radical (unpaired) electrons. The number of nitrogens with zero attached hydrogens (tertiary/aromatic N) is 1. The normalized spacial score (nSPS) is 30.3. The zero-order chi connectivity index (χ0) is 18.9. The number of thioether (sulfide) groups is 1. The van der Waals surface area contributed by atoms with Gasteiger partial charge in [-0.3, -0.25) is 9.59 Å². The smallest absolute Gasteiger partial charge is 0.327 e. The molecule has 1 aromatic carbocycles. The van der Waals surface area contributed by atoms with E-state index in [1.54, 1.807) is 13.8 Å². The van der Waals surface area contributed by atoms with Crippen LogP contribution in [0.4, 0.5) is 0 Å². The van der Waals surface area contributed by atoms with Gasteiger partial charge in [-0.1, -0.05) is 24.3 Å². The molecule has 8 heteroatoms. The Labute approximate surface area is 155 Å². The van der Waals surface area contributed by atoms with Gasteiger partial charge < -0.3 is 21.1 Å². The predicted octanol–water partition coefficient (Wildman–Crippen LogP) is 0.114. The van der Waals surface area contributed by atoms with E-state index < -0.39 is 28.3 Å². The molecular formula is C18H21N3O4S. The third kappa shape index (κ3) is 2.35. The van der Waals surface area contributed by atoms with Crippen molar-refractivity contribution in [3.63, 3.8) is 0 Å². The fourth-order valence-corrected chi connectivity index (χ4v) is 5.86. The molecule has 0 unspecified atom stereocenters. The number of carbonyl (C=O) groups is 3. The molecule has 0 spiro atoms. The highest BCUT2D eigenvalue weighted by molar-refractivity contribution is 8.01. The van der Waals surface area contributed by atoms with Crippen LogP contribution in [0.5, 0.6) is 0 Å². The van der Waals surface area contributed by atoms with Crippen LogP contribution in [0, 0.1) is 0 Å². The first-order valence-electron chi connectivity index (χ1n) is 8.53. The first-order chi connectivity index (χ1) is 12.1. The number of carboxylic acid groups (broad SMARTS) is 1. The van der Waals surface area contributed by atoms with E-state index in [0.717, 1.165) is 11.1 Å². The highest BCUT2D eigenvalue weighted by Crippen LogP contribution is 2.50. The highest BCUT2D eigenvalue weighted by Gasteiger charge is 2.64. The van der Waals surface area contributed by atoms with E-state index in [-0.39, 0.29) is 17.2 Å². The van der Waals surface area contributed by atoms with Gasteiger partial charge in [0.2, 0.25) is 11.8 Å². The van der Waals surface area contributed by atoms with Crippen molar-refractivity contribution in [2.24, 2.45) is 5.73 Å². The quantitative estimate of drug-likeness (QED) is 0.647. The zero-order valence-corrected chi connectivity index (χ0v) is 15.4. The molecule has 2 fully saturated rings. The number of fused-ring (bicyclic) bond motifs is 2. The third-order valence-corrected chi connectivity index (χ3v) is 7.12. The van der Waals surface area contributed by atoms with Crippen molar-refractivity contribution < 1.29 is 19.5 Å². The van der Waals surface area contributed by atoms with Crippen molar-refractivity contribution in [3.8, 4) is 0 Å². The van der Waals surface area contributed by atoms with Gasteiger partial charge in [-0.2, -0.15) is 0 Å². The lowest BCUT2D eigenvalue weighted by molar-refractivity contribution is -0.161. The van der Waals surface area contributed by atoms with Crippen molar-refractivity contribution in [2.75, 3.05) is 0 Å². The average molecular weight is 375 g/mol. The summed E-state index contributed by atoms with van der Waals surface area (Å²) in [6, 6.07) is 6.14. The second-order valence-electron chi connectivity index (χ2n) is 7.83. The Morgan fingerprint density at radius 1 is 1.27 bits per heavy atom. The first kappa shape index (κ1) is 17.4. The number of β-lactam (4-membered cyclic amide) rings is 1. The van der Waals surface area contributed by atoms with Crippen LogP contribution in [-0.4, -0.2) is 55.5 Å². The number of carboxylic acids is 1.